The zero-order chi connectivity index (χ0) is 18.2. The fourth-order valence-electron chi connectivity index (χ4n) is 3.17. The maximum atomic E-state index is 12.8. The lowest BCUT2D eigenvalue weighted by Crippen LogP contribution is -2.36. The van der Waals surface area contributed by atoms with Crippen LogP contribution in [0.25, 0.3) is 0 Å². The quantitative estimate of drug-likeness (QED) is 0.847. The summed E-state index contributed by atoms with van der Waals surface area (Å²) in [7, 11) is -1.81. The van der Waals surface area contributed by atoms with E-state index in [9.17, 15) is 13.2 Å². The predicted molar refractivity (Wildman–Crippen MR) is 99.3 cm³/mol. The molecule has 0 spiro atoms. The largest absolute Gasteiger partial charge is 0.334 e. The fraction of sp³-hybridized carbons (Fsp3) is 0.316. The van der Waals surface area contributed by atoms with Crippen LogP contribution in [0.5, 0.6) is 0 Å². The maximum Gasteiger partial charge on any atom is 0.254 e. The minimum absolute atomic E-state index is 0.0221. The number of benzene rings is 2. The normalized spacial score (nSPS) is 14.1. The van der Waals surface area contributed by atoms with Crippen LogP contribution < -0.4 is 4.31 Å². The highest BCUT2D eigenvalue weighted by Crippen LogP contribution is 2.25. The van der Waals surface area contributed by atoms with Gasteiger partial charge >= 0.3 is 0 Å². The summed E-state index contributed by atoms with van der Waals surface area (Å²) in [5, 5.41) is 0. The van der Waals surface area contributed by atoms with Crippen LogP contribution >= 0.6 is 0 Å². The molecule has 0 N–H and O–H groups in total. The molecule has 0 bridgehead atoms. The van der Waals surface area contributed by atoms with Gasteiger partial charge < -0.3 is 4.90 Å². The number of amides is 1. The lowest BCUT2D eigenvalue weighted by atomic mass is 9.99. The summed E-state index contributed by atoms with van der Waals surface area (Å²) in [6.45, 7) is 3.12. The van der Waals surface area contributed by atoms with Crippen LogP contribution in [0, 0.1) is 6.92 Å². The number of anilines is 1. The van der Waals surface area contributed by atoms with Crippen LogP contribution in [0.1, 0.15) is 27.0 Å². The minimum atomic E-state index is -3.33. The summed E-state index contributed by atoms with van der Waals surface area (Å²) in [6.07, 6.45) is 2.02. The Kier molecular flexibility index (Phi) is 4.56. The fourth-order valence-corrected chi connectivity index (χ4v) is 3.73. The van der Waals surface area contributed by atoms with Gasteiger partial charge in [-0.1, -0.05) is 24.3 Å². The molecule has 132 valence electrons. The highest BCUT2D eigenvalue weighted by Gasteiger charge is 2.22. The molecule has 6 heteroatoms. The molecule has 0 unspecified atom stereocenters. The van der Waals surface area contributed by atoms with Crippen molar-refractivity contribution in [2.75, 3.05) is 24.2 Å². The standard InChI is InChI=1S/C19H22N2O3S/c1-14-12-16(8-9-18(14)20(2)25(3,23)24)19(22)21-11-10-15-6-4-5-7-17(15)13-21/h4-9,12H,10-11,13H2,1-3H3. The molecule has 0 saturated carbocycles. The van der Waals surface area contributed by atoms with Gasteiger partial charge in [-0.15, -0.1) is 0 Å². The molecule has 5 nitrogen and oxygen atoms in total. The number of carbonyl (C=O) groups is 1. The summed E-state index contributed by atoms with van der Waals surface area (Å²) in [5.41, 5.74) is 4.42. The molecule has 0 fully saturated rings. The molecule has 1 aliphatic rings. The van der Waals surface area contributed by atoms with Crippen molar-refractivity contribution >= 4 is 21.6 Å². The van der Waals surface area contributed by atoms with E-state index in [1.165, 1.54) is 22.5 Å². The van der Waals surface area contributed by atoms with Gasteiger partial charge in [-0.25, -0.2) is 8.42 Å². The molecule has 0 atom stereocenters. The molecule has 0 aromatic heterocycles. The Balaban J connectivity index is 1.83. The molecule has 1 amide bonds. The second-order valence-electron chi connectivity index (χ2n) is 6.48. The van der Waals surface area contributed by atoms with Gasteiger partial charge in [-0.3, -0.25) is 9.10 Å². The van der Waals surface area contributed by atoms with Crippen molar-refractivity contribution in [2.24, 2.45) is 0 Å². The lowest BCUT2D eigenvalue weighted by molar-refractivity contribution is 0.0734. The SMILES string of the molecule is Cc1cc(C(=O)N2CCc3ccccc3C2)ccc1N(C)S(C)(=O)=O. The molecule has 0 radical (unpaired) electrons. The Morgan fingerprint density at radius 2 is 1.80 bits per heavy atom. The van der Waals surface area contributed by atoms with Crippen molar-refractivity contribution in [2.45, 2.75) is 19.9 Å². The molecular weight excluding hydrogens is 336 g/mol. The number of fused-ring (bicyclic) bond motifs is 1. The third-order valence-electron chi connectivity index (χ3n) is 4.70. The molecule has 1 aliphatic heterocycles. The van der Waals surface area contributed by atoms with E-state index in [1.54, 1.807) is 18.2 Å². The van der Waals surface area contributed by atoms with Crippen molar-refractivity contribution < 1.29 is 13.2 Å². The Bertz CT molecular complexity index is 922. The topological polar surface area (TPSA) is 57.7 Å². The summed E-state index contributed by atoms with van der Waals surface area (Å²) in [5.74, 6) is -0.0221. The van der Waals surface area contributed by atoms with Gasteiger partial charge in [0.05, 0.1) is 11.9 Å². The summed E-state index contributed by atoms with van der Waals surface area (Å²) < 4.78 is 24.7. The zero-order valence-corrected chi connectivity index (χ0v) is 15.5. The number of aryl methyl sites for hydroxylation is 1. The van der Waals surface area contributed by atoms with E-state index in [1.807, 2.05) is 24.0 Å². The number of hydrogen-bond donors (Lipinski definition) is 0. The number of carbonyl (C=O) groups excluding carboxylic acids is 1. The van der Waals surface area contributed by atoms with Crippen LogP contribution in [-0.2, 0) is 23.0 Å². The summed E-state index contributed by atoms with van der Waals surface area (Å²) in [6, 6.07) is 13.3. The van der Waals surface area contributed by atoms with Gasteiger partial charge in [-0.05, 0) is 48.2 Å². The first-order chi connectivity index (χ1) is 11.8. The van der Waals surface area contributed by atoms with Gasteiger partial charge in [0.25, 0.3) is 5.91 Å². The first kappa shape index (κ1) is 17.5. The molecule has 2 aromatic rings. The van der Waals surface area contributed by atoms with Gasteiger partial charge in [0.15, 0.2) is 0 Å². The molecule has 25 heavy (non-hydrogen) atoms. The first-order valence-electron chi connectivity index (χ1n) is 8.18. The number of nitrogens with zero attached hydrogens (tertiary/aromatic N) is 2. The Morgan fingerprint density at radius 3 is 2.44 bits per heavy atom. The molecule has 3 rings (SSSR count). The molecule has 1 heterocycles. The van der Waals surface area contributed by atoms with Gasteiger partial charge in [0.1, 0.15) is 0 Å². The van der Waals surface area contributed by atoms with E-state index < -0.39 is 10.0 Å². The maximum absolute atomic E-state index is 12.8. The summed E-state index contributed by atoms with van der Waals surface area (Å²) in [4.78, 5) is 14.7. The van der Waals surface area contributed by atoms with E-state index in [2.05, 4.69) is 12.1 Å². The second kappa shape index (κ2) is 6.52. The molecular formula is C19H22N2O3S. The monoisotopic (exact) mass is 358 g/mol. The average Bonchev–Trinajstić information content (AvgIpc) is 2.59. The van der Waals surface area contributed by atoms with Crippen LogP contribution in [0.3, 0.4) is 0 Å². The smallest absolute Gasteiger partial charge is 0.254 e. The number of hydrogen-bond acceptors (Lipinski definition) is 3. The van der Waals surface area contributed by atoms with Crippen molar-refractivity contribution in [3.8, 4) is 0 Å². The highest BCUT2D eigenvalue weighted by molar-refractivity contribution is 7.92. The van der Waals surface area contributed by atoms with Gasteiger partial charge in [0, 0.05) is 25.7 Å². The second-order valence-corrected chi connectivity index (χ2v) is 8.49. The van der Waals surface area contributed by atoms with Crippen LogP contribution in [-0.4, -0.2) is 39.1 Å². The Morgan fingerprint density at radius 1 is 1.12 bits per heavy atom. The average molecular weight is 358 g/mol. The number of rotatable bonds is 3. The number of sulfonamides is 1. The van der Waals surface area contributed by atoms with Crippen LogP contribution in [0.2, 0.25) is 0 Å². The molecule has 0 saturated heterocycles. The van der Waals surface area contributed by atoms with Crippen molar-refractivity contribution in [1.82, 2.24) is 4.90 Å². The minimum Gasteiger partial charge on any atom is -0.334 e. The van der Waals surface area contributed by atoms with E-state index in [0.29, 0.717) is 24.3 Å². The third kappa shape index (κ3) is 3.54. The van der Waals surface area contributed by atoms with Gasteiger partial charge in [0.2, 0.25) is 10.0 Å². The van der Waals surface area contributed by atoms with E-state index in [-0.39, 0.29) is 5.91 Å². The summed E-state index contributed by atoms with van der Waals surface area (Å²) >= 11 is 0. The lowest BCUT2D eigenvalue weighted by Gasteiger charge is -2.29. The molecule has 2 aromatic carbocycles. The van der Waals surface area contributed by atoms with E-state index >= 15 is 0 Å². The van der Waals surface area contributed by atoms with Gasteiger partial charge in [-0.2, -0.15) is 0 Å². The van der Waals surface area contributed by atoms with Crippen LogP contribution in [0.15, 0.2) is 42.5 Å². The Labute approximate surface area is 148 Å². The zero-order valence-electron chi connectivity index (χ0n) is 14.7. The Hall–Kier alpha value is -2.34. The van der Waals surface area contributed by atoms with E-state index in [0.717, 1.165) is 18.2 Å². The van der Waals surface area contributed by atoms with Crippen molar-refractivity contribution in [3.63, 3.8) is 0 Å². The van der Waals surface area contributed by atoms with Crippen LogP contribution in [0.4, 0.5) is 5.69 Å². The molecule has 0 aliphatic carbocycles. The predicted octanol–water partition coefficient (Wildman–Crippen LogP) is 2.59. The first-order valence-corrected chi connectivity index (χ1v) is 10.0. The third-order valence-corrected chi connectivity index (χ3v) is 5.89. The van der Waals surface area contributed by atoms with Crippen molar-refractivity contribution in [1.29, 1.82) is 0 Å². The highest BCUT2D eigenvalue weighted by atomic mass is 32.2. The van der Waals surface area contributed by atoms with E-state index in [4.69, 9.17) is 0 Å². The van der Waals surface area contributed by atoms with Crippen molar-refractivity contribution in [3.05, 3.63) is 64.7 Å².